The average molecular weight is 216 g/mol. The van der Waals surface area contributed by atoms with E-state index in [0.717, 1.165) is 19.4 Å². The third-order valence-corrected chi connectivity index (χ3v) is 2.64. The van der Waals surface area contributed by atoms with Gasteiger partial charge in [-0.05, 0) is 44.0 Å². The van der Waals surface area contributed by atoms with Crippen LogP contribution in [-0.2, 0) is 0 Å². The first-order chi connectivity index (χ1) is 7.79. The first-order valence-corrected chi connectivity index (χ1v) is 5.83. The molecule has 0 bridgehead atoms. The normalized spacial score (nSPS) is 11.7. The second kappa shape index (κ2) is 7.03. The molecule has 0 radical (unpaired) electrons. The third-order valence-electron chi connectivity index (χ3n) is 2.64. The Labute approximate surface area is 98.5 Å². The van der Waals surface area contributed by atoms with Crippen molar-refractivity contribution >= 4 is 0 Å². The summed E-state index contributed by atoms with van der Waals surface area (Å²) < 4.78 is 0. The van der Waals surface area contributed by atoms with Gasteiger partial charge in [-0.3, -0.25) is 4.98 Å². The molecule has 0 saturated heterocycles. The Balaban J connectivity index is 2.75. The molecule has 0 aromatic carbocycles. The lowest BCUT2D eigenvalue weighted by Gasteiger charge is -2.18. The van der Waals surface area contributed by atoms with Gasteiger partial charge in [0.05, 0.1) is 0 Å². The zero-order valence-corrected chi connectivity index (χ0v) is 10.4. The van der Waals surface area contributed by atoms with Crippen LogP contribution in [-0.4, -0.2) is 11.5 Å². The predicted molar refractivity (Wildman–Crippen MR) is 68.1 cm³/mol. The molecule has 1 atom stereocenters. The summed E-state index contributed by atoms with van der Waals surface area (Å²) in [5, 5.41) is 3.49. The van der Waals surface area contributed by atoms with Crippen LogP contribution in [0.1, 0.15) is 43.9 Å². The Morgan fingerprint density at radius 2 is 2.31 bits per heavy atom. The largest absolute Gasteiger partial charge is 0.310 e. The SMILES string of the molecule is CC#CCCC(NCC)c1cnccc1C. The maximum Gasteiger partial charge on any atom is 0.0347 e. The van der Waals surface area contributed by atoms with Crippen LogP contribution in [0.4, 0.5) is 0 Å². The highest BCUT2D eigenvalue weighted by molar-refractivity contribution is 5.25. The van der Waals surface area contributed by atoms with Gasteiger partial charge in [0.1, 0.15) is 0 Å². The highest BCUT2D eigenvalue weighted by Gasteiger charge is 2.11. The van der Waals surface area contributed by atoms with Crippen LogP contribution >= 0.6 is 0 Å². The van der Waals surface area contributed by atoms with Crippen molar-refractivity contribution in [3.8, 4) is 11.8 Å². The van der Waals surface area contributed by atoms with Crippen molar-refractivity contribution in [1.82, 2.24) is 10.3 Å². The Morgan fingerprint density at radius 3 is 2.94 bits per heavy atom. The number of rotatable bonds is 5. The van der Waals surface area contributed by atoms with E-state index >= 15 is 0 Å². The predicted octanol–water partition coefficient (Wildman–Crippen LogP) is 2.84. The molecule has 86 valence electrons. The van der Waals surface area contributed by atoms with Gasteiger partial charge >= 0.3 is 0 Å². The minimum absolute atomic E-state index is 0.375. The van der Waals surface area contributed by atoms with E-state index in [1.165, 1.54) is 11.1 Å². The molecule has 0 fully saturated rings. The number of nitrogens with one attached hydrogen (secondary N) is 1. The fourth-order valence-corrected chi connectivity index (χ4v) is 1.80. The fourth-order valence-electron chi connectivity index (χ4n) is 1.80. The maximum absolute atomic E-state index is 4.20. The molecular formula is C14H20N2. The summed E-state index contributed by atoms with van der Waals surface area (Å²) in [4.78, 5) is 4.20. The Kier molecular flexibility index (Phi) is 5.60. The van der Waals surface area contributed by atoms with Gasteiger partial charge in [0, 0.05) is 24.9 Å². The molecule has 0 aliphatic carbocycles. The van der Waals surface area contributed by atoms with E-state index in [9.17, 15) is 0 Å². The molecule has 0 aliphatic heterocycles. The maximum atomic E-state index is 4.20. The minimum atomic E-state index is 0.375. The van der Waals surface area contributed by atoms with Gasteiger partial charge in [-0.15, -0.1) is 11.8 Å². The molecule has 0 spiro atoms. The summed E-state index contributed by atoms with van der Waals surface area (Å²) in [6, 6.07) is 2.44. The molecule has 1 aromatic rings. The van der Waals surface area contributed by atoms with E-state index in [2.05, 4.69) is 42.1 Å². The summed E-state index contributed by atoms with van der Waals surface area (Å²) in [6.07, 6.45) is 5.78. The number of aromatic nitrogens is 1. The quantitative estimate of drug-likeness (QED) is 0.766. The smallest absolute Gasteiger partial charge is 0.0347 e. The molecule has 0 aliphatic rings. The van der Waals surface area contributed by atoms with Gasteiger partial charge in [-0.2, -0.15) is 0 Å². The lowest BCUT2D eigenvalue weighted by atomic mass is 10.00. The van der Waals surface area contributed by atoms with Crippen LogP contribution in [0.2, 0.25) is 0 Å². The summed E-state index contributed by atoms with van der Waals surface area (Å²) in [5.74, 6) is 6.05. The van der Waals surface area contributed by atoms with Crippen molar-refractivity contribution in [2.75, 3.05) is 6.54 Å². The highest BCUT2D eigenvalue weighted by Crippen LogP contribution is 2.20. The molecule has 16 heavy (non-hydrogen) atoms. The number of hydrogen-bond donors (Lipinski definition) is 1. The van der Waals surface area contributed by atoms with Crippen molar-refractivity contribution in [2.24, 2.45) is 0 Å². The number of pyridine rings is 1. The standard InChI is InChI=1S/C14H20N2/c1-4-6-7-8-14(16-5-2)13-11-15-10-9-12(13)3/h9-11,14,16H,5,7-8H2,1-3H3. The molecule has 1 heterocycles. The van der Waals surface area contributed by atoms with Crippen LogP contribution in [0.3, 0.4) is 0 Å². The summed E-state index contributed by atoms with van der Waals surface area (Å²) in [7, 11) is 0. The first-order valence-electron chi connectivity index (χ1n) is 5.83. The Bertz CT molecular complexity index is 374. The second-order valence-corrected chi connectivity index (χ2v) is 3.81. The zero-order chi connectivity index (χ0) is 11.8. The van der Waals surface area contributed by atoms with Crippen molar-refractivity contribution in [3.63, 3.8) is 0 Å². The highest BCUT2D eigenvalue weighted by atomic mass is 14.9. The summed E-state index contributed by atoms with van der Waals surface area (Å²) in [6.45, 7) is 7.12. The molecular weight excluding hydrogens is 196 g/mol. The van der Waals surface area contributed by atoms with Gasteiger partial charge in [0.15, 0.2) is 0 Å². The van der Waals surface area contributed by atoms with E-state index in [1.807, 2.05) is 19.3 Å². The van der Waals surface area contributed by atoms with Crippen molar-refractivity contribution in [1.29, 1.82) is 0 Å². The van der Waals surface area contributed by atoms with E-state index in [-0.39, 0.29) is 0 Å². The monoisotopic (exact) mass is 216 g/mol. The van der Waals surface area contributed by atoms with E-state index in [4.69, 9.17) is 0 Å². The van der Waals surface area contributed by atoms with Crippen LogP contribution in [0.15, 0.2) is 18.5 Å². The fraction of sp³-hybridized carbons (Fsp3) is 0.500. The third kappa shape index (κ3) is 3.67. The Morgan fingerprint density at radius 1 is 1.50 bits per heavy atom. The van der Waals surface area contributed by atoms with Gasteiger partial charge in [0.2, 0.25) is 0 Å². The van der Waals surface area contributed by atoms with Crippen LogP contribution < -0.4 is 5.32 Å². The molecule has 0 saturated carbocycles. The van der Waals surface area contributed by atoms with E-state index in [1.54, 1.807) is 0 Å². The summed E-state index contributed by atoms with van der Waals surface area (Å²) >= 11 is 0. The van der Waals surface area contributed by atoms with Gasteiger partial charge in [-0.25, -0.2) is 0 Å². The summed E-state index contributed by atoms with van der Waals surface area (Å²) in [5.41, 5.74) is 2.59. The molecule has 1 aromatic heterocycles. The average Bonchev–Trinajstić information content (AvgIpc) is 2.29. The van der Waals surface area contributed by atoms with E-state index < -0.39 is 0 Å². The minimum Gasteiger partial charge on any atom is -0.310 e. The zero-order valence-electron chi connectivity index (χ0n) is 10.4. The van der Waals surface area contributed by atoms with Crippen LogP contribution in [0.5, 0.6) is 0 Å². The lowest BCUT2D eigenvalue weighted by molar-refractivity contribution is 0.519. The van der Waals surface area contributed by atoms with Gasteiger partial charge in [0.25, 0.3) is 0 Å². The second-order valence-electron chi connectivity index (χ2n) is 3.81. The number of hydrogen-bond acceptors (Lipinski definition) is 2. The van der Waals surface area contributed by atoms with Crippen molar-refractivity contribution in [3.05, 3.63) is 29.6 Å². The van der Waals surface area contributed by atoms with Gasteiger partial charge < -0.3 is 5.32 Å². The van der Waals surface area contributed by atoms with Gasteiger partial charge in [-0.1, -0.05) is 6.92 Å². The number of nitrogens with zero attached hydrogens (tertiary/aromatic N) is 1. The van der Waals surface area contributed by atoms with Crippen LogP contribution in [0, 0.1) is 18.8 Å². The Hall–Kier alpha value is -1.33. The van der Waals surface area contributed by atoms with Crippen LogP contribution in [0.25, 0.3) is 0 Å². The first kappa shape index (κ1) is 12.7. The number of aryl methyl sites for hydroxylation is 1. The van der Waals surface area contributed by atoms with Crippen molar-refractivity contribution < 1.29 is 0 Å². The molecule has 1 unspecified atom stereocenters. The molecule has 1 rings (SSSR count). The molecule has 2 nitrogen and oxygen atoms in total. The molecule has 0 amide bonds. The van der Waals surface area contributed by atoms with E-state index in [0.29, 0.717) is 6.04 Å². The lowest BCUT2D eigenvalue weighted by Crippen LogP contribution is -2.21. The molecule has 1 N–H and O–H groups in total. The van der Waals surface area contributed by atoms with Crippen molar-refractivity contribution in [2.45, 2.75) is 39.7 Å². The topological polar surface area (TPSA) is 24.9 Å². The molecule has 2 heteroatoms.